The summed E-state index contributed by atoms with van der Waals surface area (Å²) in [7, 11) is 1.27. The number of carbonyl (C=O) groups is 4. The van der Waals surface area contributed by atoms with E-state index < -0.39 is 35.9 Å². The number of terminal acetylenes is 1. The molecule has 1 aliphatic heterocycles. The van der Waals surface area contributed by atoms with Crippen LogP contribution in [0.2, 0.25) is 5.02 Å². The minimum atomic E-state index is -0.762. The summed E-state index contributed by atoms with van der Waals surface area (Å²) in [4.78, 5) is 48.9. The Morgan fingerprint density at radius 3 is 2.17 bits per heavy atom. The van der Waals surface area contributed by atoms with E-state index in [1.54, 1.807) is 31.2 Å². The van der Waals surface area contributed by atoms with Crippen molar-refractivity contribution in [2.75, 3.05) is 22.6 Å². The second kappa shape index (κ2) is 15.1. The van der Waals surface area contributed by atoms with Crippen LogP contribution in [0.1, 0.15) is 38.2 Å². The van der Waals surface area contributed by atoms with Gasteiger partial charge in [-0.1, -0.05) is 35.7 Å². The number of halogens is 2. The minimum absolute atomic E-state index is 0.0233. The maximum atomic E-state index is 14.4. The lowest BCUT2D eigenvalue weighted by atomic mass is 9.93. The molecule has 3 aromatic rings. The molecule has 4 amide bonds. The molecule has 1 unspecified atom stereocenters. The summed E-state index contributed by atoms with van der Waals surface area (Å²) in [5.74, 6) is 1.11. The predicted octanol–water partition coefficient (Wildman–Crippen LogP) is 7.41. The highest BCUT2D eigenvalue weighted by atomic mass is 35.5. The Kier molecular flexibility index (Phi) is 11.0. The number of rotatable bonds is 6. The highest BCUT2D eigenvalue weighted by Gasteiger charge is 2.41. The normalized spacial score (nSPS) is 14.3. The van der Waals surface area contributed by atoms with Crippen LogP contribution in [-0.2, 0) is 14.3 Å². The van der Waals surface area contributed by atoms with Crippen LogP contribution >= 0.6 is 11.6 Å². The molecule has 1 aliphatic carbocycles. The summed E-state index contributed by atoms with van der Waals surface area (Å²) >= 11 is 5.97. The third kappa shape index (κ3) is 8.22. The lowest BCUT2D eigenvalue weighted by Gasteiger charge is -2.19. The molecular weight excluding hydrogens is 617 g/mol. The fourth-order valence-electron chi connectivity index (χ4n) is 4.74. The molecule has 0 saturated heterocycles. The zero-order chi connectivity index (χ0) is 33.4. The third-order valence-electron chi connectivity index (χ3n) is 6.91. The Morgan fingerprint density at radius 1 is 0.957 bits per heavy atom. The highest BCUT2D eigenvalue weighted by Crippen LogP contribution is 2.39. The number of aryl methyl sites for hydroxylation is 1. The van der Waals surface area contributed by atoms with Crippen molar-refractivity contribution in [2.24, 2.45) is 0 Å². The average Bonchev–Trinajstić information content (AvgIpc) is 3.28. The van der Waals surface area contributed by atoms with Crippen molar-refractivity contribution in [1.29, 1.82) is 0 Å². The summed E-state index contributed by atoms with van der Waals surface area (Å²) in [5, 5.41) is 5.14. The van der Waals surface area contributed by atoms with E-state index in [2.05, 4.69) is 21.3 Å². The smallest absolute Gasteiger partial charge is 0.417 e. The van der Waals surface area contributed by atoms with Crippen molar-refractivity contribution in [2.45, 2.75) is 45.6 Å². The molecule has 12 heteroatoms. The van der Waals surface area contributed by atoms with Crippen LogP contribution in [0, 0.1) is 25.1 Å². The molecule has 238 valence electrons. The van der Waals surface area contributed by atoms with Gasteiger partial charge in [-0.15, -0.1) is 6.42 Å². The number of carbonyl (C=O) groups excluding carboxylic acids is 4. The number of hydrogen-bond donors (Lipinski definition) is 2. The Labute approximate surface area is 270 Å². The van der Waals surface area contributed by atoms with Crippen LogP contribution in [0.5, 0.6) is 11.5 Å². The SMILES string of the molecule is C#CC(C)Oc1cc(N2C(=O)C3=C(CCCC3)C2=O)c(F)cc1Cl.COC(=O)Nc1cccc(OC(=O)Nc2cccc(C)c2)c1. The maximum absolute atomic E-state index is 14.4. The Balaban J connectivity index is 0.000000210. The molecule has 0 bridgehead atoms. The number of amides is 4. The molecule has 2 aliphatic rings. The lowest BCUT2D eigenvalue weighted by Crippen LogP contribution is -2.32. The molecule has 0 spiro atoms. The monoisotopic (exact) mass is 647 g/mol. The van der Waals surface area contributed by atoms with E-state index in [1.165, 1.54) is 19.2 Å². The van der Waals surface area contributed by atoms with Crippen LogP contribution in [0.25, 0.3) is 0 Å². The Bertz CT molecular complexity index is 1720. The lowest BCUT2D eigenvalue weighted by molar-refractivity contribution is -0.120. The summed E-state index contributed by atoms with van der Waals surface area (Å²) in [6, 6.07) is 16.1. The fraction of sp³-hybridized carbons (Fsp3) is 0.235. The Morgan fingerprint density at radius 2 is 1.57 bits per heavy atom. The van der Waals surface area contributed by atoms with Crippen LogP contribution in [0.15, 0.2) is 71.8 Å². The number of nitrogens with zero attached hydrogens (tertiary/aromatic N) is 1. The van der Waals surface area contributed by atoms with Gasteiger partial charge in [0.1, 0.15) is 17.3 Å². The van der Waals surface area contributed by atoms with Crippen molar-refractivity contribution in [3.8, 4) is 23.8 Å². The number of ether oxygens (including phenoxy) is 3. The van der Waals surface area contributed by atoms with Crippen molar-refractivity contribution < 1.29 is 37.8 Å². The standard InChI is InChI=1S/C18H15ClFNO3.C16H16N2O4/c1-3-10(2)24-16-9-15(14(20)8-13(16)19)21-17(22)11-6-4-5-7-12(11)18(21)23;1-11-5-3-6-12(9-11)18-16(20)22-14-8-4-7-13(10-14)17-15(19)21-2/h1,8-10H,4-7H2,2H3;3-10H,1-2H3,(H,17,19)(H,18,20). The molecule has 1 heterocycles. The van der Waals surface area contributed by atoms with E-state index in [4.69, 9.17) is 27.5 Å². The van der Waals surface area contributed by atoms with Crippen molar-refractivity contribution in [3.63, 3.8) is 0 Å². The van der Waals surface area contributed by atoms with Gasteiger partial charge < -0.3 is 14.2 Å². The van der Waals surface area contributed by atoms with Gasteiger partial charge in [0.25, 0.3) is 11.8 Å². The second-order valence-electron chi connectivity index (χ2n) is 10.3. The number of hydrogen-bond acceptors (Lipinski definition) is 7. The highest BCUT2D eigenvalue weighted by molar-refractivity contribution is 6.34. The molecule has 0 radical (unpaired) electrons. The third-order valence-corrected chi connectivity index (χ3v) is 7.21. The summed E-state index contributed by atoms with van der Waals surface area (Å²) in [6.07, 6.45) is 6.26. The average molecular weight is 648 g/mol. The van der Waals surface area contributed by atoms with Gasteiger partial charge in [0, 0.05) is 34.7 Å². The van der Waals surface area contributed by atoms with Gasteiger partial charge in [0.2, 0.25) is 0 Å². The topological polar surface area (TPSA) is 123 Å². The van der Waals surface area contributed by atoms with Crippen LogP contribution in [-0.4, -0.2) is 37.2 Å². The molecule has 1 atom stereocenters. The van der Waals surface area contributed by atoms with Gasteiger partial charge in [-0.3, -0.25) is 20.2 Å². The predicted molar refractivity (Wildman–Crippen MR) is 172 cm³/mol. The van der Waals surface area contributed by atoms with E-state index >= 15 is 0 Å². The zero-order valence-electron chi connectivity index (χ0n) is 25.3. The van der Waals surface area contributed by atoms with E-state index in [1.807, 2.05) is 25.1 Å². The van der Waals surface area contributed by atoms with E-state index in [9.17, 15) is 23.6 Å². The van der Waals surface area contributed by atoms with E-state index in [0.717, 1.165) is 29.4 Å². The first kappa shape index (κ1) is 33.6. The number of imide groups is 1. The summed E-state index contributed by atoms with van der Waals surface area (Å²) in [6.45, 7) is 3.56. The molecule has 10 nitrogen and oxygen atoms in total. The molecule has 2 N–H and O–H groups in total. The van der Waals surface area contributed by atoms with E-state index in [0.29, 0.717) is 41.1 Å². The molecule has 3 aromatic carbocycles. The quantitative estimate of drug-likeness (QED) is 0.211. The summed E-state index contributed by atoms with van der Waals surface area (Å²) < 4.78 is 29.5. The van der Waals surface area contributed by atoms with Crippen molar-refractivity contribution in [3.05, 3.63) is 88.2 Å². The van der Waals surface area contributed by atoms with Gasteiger partial charge in [0.05, 0.1) is 17.8 Å². The van der Waals surface area contributed by atoms with Gasteiger partial charge >= 0.3 is 12.2 Å². The molecule has 5 rings (SSSR count). The van der Waals surface area contributed by atoms with Crippen LogP contribution in [0.3, 0.4) is 0 Å². The minimum Gasteiger partial charge on any atom is -0.476 e. The molecular formula is C34H31ClFN3O7. The van der Waals surface area contributed by atoms with Crippen LogP contribution < -0.4 is 25.0 Å². The second-order valence-corrected chi connectivity index (χ2v) is 10.7. The van der Waals surface area contributed by atoms with Gasteiger partial charge in [0.15, 0.2) is 6.10 Å². The van der Waals surface area contributed by atoms with Crippen LogP contribution in [0.4, 0.5) is 31.0 Å². The summed E-state index contributed by atoms with van der Waals surface area (Å²) in [5.41, 5.74) is 2.95. The van der Waals surface area contributed by atoms with Gasteiger partial charge in [-0.2, -0.15) is 0 Å². The first-order valence-corrected chi connectivity index (χ1v) is 14.6. The molecule has 0 saturated carbocycles. The van der Waals surface area contributed by atoms with E-state index in [-0.39, 0.29) is 16.5 Å². The largest absolute Gasteiger partial charge is 0.476 e. The molecule has 0 aromatic heterocycles. The number of nitrogens with one attached hydrogen (secondary N) is 2. The first-order valence-electron chi connectivity index (χ1n) is 14.2. The maximum Gasteiger partial charge on any atom is 0.417 e. The fourth-order valence-corrected chi connectivity index (χ4v) is 4.94. The van der Waals surface area contributed by atoms with Gasteiger partial charge in [-0.25, -0.2) is 18.9 Å². The number of methoxy groups -OCH3 is 1. The Hall–Kier alpha value is -5.34. The zero-order valence-corrected chi connectivity index (χ0v) is 26.1. The van der Waals surface area contributed by atoms with Crippen molar-refractivity contribution in [1.82, 2.24) is 0 Å². The molecule has 0 fully saturated rings. The number of anilines is 3. The van der Waals surface area contributed by atoms with Gasteiger partial charge in [-0.05, 0) is 75.4 Å². The first-order chi connectivity index (χ1) is 22.0. The number of benzene rings is 3. The molecule has 46 heavy (non-hydrogen) atoms. The van der Waals surface area contributed by atoms with Crippen molar-refractivity contribution >= 4 is 52.7 Å².